The van der Waals surface area contributed by atoms with Crippen molar-refractivity contribution < 1.29 is 13.2 Å². The molecule has 1 aromatic heterocycles. The van der Waals surface area contributed by atoms with Gasteiger partial charge in [-0.3, -0.25) is 4.79 Å². The van der Waals surface area contributed by atoms with Gasteiger partial charge < -0.3 is 16.0 Å². The highest BCUT2D eigenvalue weighted by Gasteiger charge is 2.17. The summed E-state index contributed by atoms with van der Waals surface area (Å²) in [5, 5.41) is 3.29. The molecule has 21 heavy (non-hydrogen) atoms. The van der Waals surface area contributed by atoms with Gasteiger partial charge in [0.2, 0.25) is 10.0 Å². The maximum absolute atomic E-state index is 12.0. The van der Waals surface area contributed by atoms with E-state index < -0.39 is 10.0 Å². The van der Waals surface area contributed by atoms with Gasteiger partial charge in [-0.1, -0.05) is 18.3 Å². The zero-order valence-electron chi connectivity index (χ0n) is 12.3. The molecule has 0 spiro atoms. The quantitative estimate of drug-likeness (QED) is 0.569. The van der Waals surface area contributed by atoms with Crippen LogP contribution in [0.15, 0.2) is 0 Å². The minimum atomic E-state index is -3.25. The normalized spacial score (nSPS) is 11.4. The van der Waals surface area contributed by atoms with Crippen LogP contribution >= 0.6 is 11.3 Å². The van der Waals surface area contributed by atoms with Crippen LogP contribution in [0.25, 0.3) is 0 Å². The number of carbonyl (C=O) groups excluding carboxylic acids is 1. The lowest BCUT2D eigenvalue weighted by Crippen LogP contribution is -2.34. The van der Waals surface area contributed by atoms with Gasteiger partial charge in [0.15, 0.2) is 5.13 Å². The lowest BCUT2D eigenvalue weighted by atomic mass is 10.4. The molecule has 0 unspecified atom stereocenters. The number of sulfonamides is 1. The fraction of sp³-hybridized carbons (Fsp3) is 0.636. The van der Waals surface area contributed by atoms with Crippen molar-refractivity contribution in [3.63, 3.8) is 0 Å². The Balaban J connectivity index is 2.58. The van der Waals surface area contributed by atoms with E-state index in [1.54, 1.807) is 0 Å². The third-order valence-electron chi connectivity index (χ3n) is 2.51. The predicted molar refractivity (Wildman–Crippen MR) is 85.3 cm³/mol. The first-order valence-electron chi connectivity index (χ1n) is 6.45. The molecule has 0 saturated heterocycles. The summed E-state index contributed by atoms with van der Waals surface area (Å²) in [6.45, 7) is 3.19. The number of nitrogens with two attached hydrogens (primary N) is 1. The highest BCUT2D eigenvalue weighted by atomic mass is 32.2. The first kappa shape index (κ1) is 17.7. The van der Waals surface area contributed by atoms with Crippen LogP contribution in [0.1, 0.15) is 23.0 Å². The molecule has 0 aliphatic carbocycles. The SMILES string of the molecule is CCCN(C)c1nc(N)c(C(=O)NCCNS(C)(=O)=O)s1. The van der Waals surface area contributed by atoms with Crippen molar-refractivity contribution in [2.45, 2.75) is 13.3 Å². The second kappa shape index (κ2) is 7.57. The maximum atomic E-state index is 12.0. The predicted octanol–water partition coefficient (Wildman–Crippen LogP) is -0.149. The summed E-state index contributed by atoms with van der Waals surface area (Å²) in [4.78, 5) is 18.4. The molecule has 8 nitrogen and oxygen atoms in total. The van der Waals surface area contributed by atoms with Crippen molar-refractivity contribution in [2.24, 2.45) is 0 Å². The molecular weight excluding hydrogens is 314 g/mol. The highest BCUT2D eigenvalue weighted by Crippen LogP contribution is 2.27. The Morgan fingerprint density at radius 2 is 2.10 bits per heavy atom. The Labute approximate surface area is 128 Å². The molecule has 4 N–H and O–H groups in total. The minimum Gasteiger partial charge on any atom is -0.382 e. The molecule has 1 amide bonds. The van der Waals surface area contributed by atoms with Crippen LogP contribution < -0.4 is 20.7 Å². The van der Waals surface area contributed by atoms with E-state index >= 15 is 0 Å². The van der Waals surface area contributed by atoms with Crippen molar-refractivity contribution in [3.8, 4) is 0 Å². The van der Waals surface area contributed by atoms with Crippen molar-refractivity contribution in [1.82, 2.24) is 15.0 Å². The number of nitrogen functional groups attached to an aromatic ring is 1. The van der Waals surface area contributed by atoms with Gasteiger partial charge in [0.05, 0.1) is 6.26 Å². The Hall–Kier alpha value is -1.39. The van der Waals surface area contributed by atoms with Gasteiger partial charge in [0, 0.05) is 26.7 Å². The Morgan fingerprint density at radius 1 is 1.43 bits per heavy atom. The molecular formula is C11H21N5O3S2. The van der Waals surface area contributed by atoms with Crippen molar-refractivity contribution in [3.05, 3.63) is 4.88 Å². The number of nitrogens with zero attached hydrogens (tertiary/aromatic N) is 2. The van der Waals surface area contributed by atoms with E-state index in [2.05, 4.69) is 21.9 Å². The summed E-state index contributed by atoms with van der Waals surface area (Å²) in [6.07, 6.45) is 2.03. The molecule has 1 aromatic rings. The Kier molecular flexibility index (Phi) is 6.37. The molecule has 0 aromatic carbocycles. The second-order valence-electron chi connectivity index (χ2n) is 4.55. The highest BCUT2D eigenvalue weighted by molar-refractivity contribution is 7.88. The van der Waals surface area contributed by atoms with Crippen LogP contribution in [0.3, 0.4) is 0 Å². The summed E-state index contributed by atoms with van der Waals surface area (Å²) < 4.78 is 24.1. The summed E-state index contributed by atoms with van der Waals surface area (Å²) in [7, 11) is -1.36. The Morgan fingerprint density at radius 3 is 2.67 bits per heavy atom. The minimum absolute atomic E-state index is 0.131. The van der Waals surface area contributed by atoms with Gasteiger partial charge >= 0.3 is 0 Å². The van der Waals surface area contributed by atoms with E-state index in [1.807, 2.05) is 11.9 Å². The number of amides is 1. The molecule has 0 saturated carbocycles. The van der Waals surface area contributed by atoms with E-state index in [0.717, 1.165) is 19.2 Å². The first-order chi connectivity index (χ1) is 9.74. The van der Waals surface area contributed by atoms with Gasteiger partial charge in [0.1, 0.15) is 10.7 Å². The van der Waals surface area contributed by atoms with E-state index in [9.17, 15) is 13.2 Å². The number of thiazole rings is 1. The largest absolute Gasteiger partial charge is 0.382 e. The molecule has 0 aliphatic rings. The molecule has 120 valence electrons. The molecule has 0 aliphatic heterocycles. The third kappa shape index (κ3) is 5.86. The van der Waals surface area contributed by atoms with Crippen molar-refractivity contribution in [1.29, 1.82) is 0 Å². The molecule has 10 heteroatoms. The van der Waals surface area contributed by atoms with E-state index in [0.29, 0.717) is 10.0 Å². The summed E-state index contributed by atoms with van der Waals surface area (Å²) in [6, 6.07) is 0. The zero-order valence-corrected chi connectivity index (χ0v) is 14.0. The topological polar surface area (TPSA) is 117 Å². The van der Waals surface area contributed by atoms with Crippen LogP contribution in [-0.2, 0) is 10.0 Å². The molecule has 1 heterocycles. The van der Waals surface area contributed by atoms with Crippen LogP contribution in [0.2, 0.25) is 0 Å². The van der Waals surface area contributed by atoms with Crippen LogP contribution in [0.4, 0.5) is 10.9 Å². The number of anilines is 2. The van der Waals surface area contributed by atoms with E-state index in [-0.39, 0.29) is 24.8 Å². The van der Waals surface area contributed by atoms with Crippen LogP contribution in [0.5, 0.6) is 0 Å². The van der Waals surface area contributed by atoms with E-state index in [1.165, 1.54) is 11.3 Å². The van der Waals surface area contributed by atoms with Crippen LogP contribution in [-0.4, -0.2) is 52.2 Å². The first-order valence-corrected chi connectivity index (χ1v) is 9.15. The van der Waals surface area contributed by atoms with Crippen molar-refractivity contribution >= 4 is 38.2 Å². The maximum Gasteiger partial charge on any atom is 0.265 e. The molecule has 1 rings (SSSR count). The Bertz CT molecular complexity index is 585. The fourth-order valence-electron chi connectivity index (χ4n) is 1.57. The summed E-state index contributed by atoms with van der Waals surface area (Å²) in [5.74, 6) is -0.164. The van der Waals surface area contributed by atoms with Crippen molar-refractivity contribution in [2.75, 3.05) is 43.6 Å². The van der Waals surface area contributed by atoms with Crippen LogP contribution in [0, 0.1) is 0 Å². The molecule has 0 bridgehead atoms. The fourth-order valence-corrected chi connectivity index (χ4v) is 2.93. The monoisotopic (exact) mass is 335 g/mol. The van der Waals surface area contributed by atoms with Gasteiger partial charge in [0.25, 0.3) is 5.91 Å². The molecule has 0 radical (unpaired) electrons. The zero-order chi connectivity index (χ0) is 16.0. The smallest absolute Gasteiger partial charge is 0.265 e. The number of hydrogen-bond acceptors (Lipinski definition) is 7. The summed E-state index contributed by atoms with van der Waals surface area (Å²) in [5.41, 5.74) is 5.75. The molecule has 0 fully saturated rings. The summed E-state index contributed by atoms with van der Waals surface area (Å²) >= 11 is 1.22. The number of hydrogen-bond donors (Lipinski definition) is 3. The third-order valence-corrected chi connectivity index (χ3v) is 4.42. The van der Waals surface area contributed by atoms with Gasteiger partial charge in [-0.25, -0.2) is 18.1 Å². The average Bonchev–Trinajstić information content (AvgIpc) is 2.76. The number of carbonyl (C=O) groups is 1. The van der Waals surface area contributed by atoms with Gasteiger partial charge in [-0.05, 0) is 6.42 Å². The number of aromatic nitrogens is 1. The van der Waals surface area contributed by atoms with Gasteiger partial charge in [-0.2, -0.15) is 0 Å². The lowest BCUT2D eigenvalue weighted by molar-refractivity contribution is 0.0959. The van der Waals surface area contributed by atoms with E-state index in [4.69, 9.17) is 5.73 Å². The number of nitrogens with one attached hydrogen (secondary N) is 2. The average molecular weight is 335 g/mol. The second-order valence-corrected chi connectivity index (χ2v) is 7.37. The standard InChI is InChI=1S/C11H21N5O3S2/c1-4-7-16(2)11-15-9(12)8(20-11)10(17)13-5-6-14-21(3,18)19/h14H,4-7,12H2,1-3H3,(H,13,17). The van der Waals surface area contributed by atoms with Gasteiger partial charge in [-0.15, -0.1) is 0 Å². The number of rotatable bonds is 8. The lowest BCUT2D eigenvalue weighted by Gasteiger charge is -2.13. The molecule has 0 atom stereocenters.